The normalized spacial score (nSPS) is 12.2. The molecule has 28 heavy (non-hydrogen) atoms. The lowest BCUT2D eigenvalue weighted by atomic mass is 10.1. The number of hydrogen-bond acceptors (Lipinski definition) is 7. The highest BCUT2D eigenvalue weighted by atomic mass is 16.3. The maximum atomic E-state index is 13.1. The summed E-state index contributed by atoms with van der Waals surface area (Å²) in [7, 11) is 0. The molecule has 4 rings (SSSR count). The first-order valence-corrected chi connectivity index (χ1v) is 8.80. The smallest absolute Gasteiger partial charge is 0.261 e. The van der Waals surface area contributed by atoms with Crippen LogP contribution in [-0.4, -0.2) is 41.2 Å². The van der Waals surface area contributed by atoms with Gasteiger partial charge in [0.1, 0.15) is 11.2 Å². The molecule has 8 nitrogen and oxygen atoms in total. The van der Waals surface area contributed by atoms with Crippen molar-refractivity contribution in [2.45, 2.75) is 19.9 Å². The van der Waals surface area contributed by atoms with Gasteiger partial charge in [-0.25, -0.2) is 19.9 Å². The largest absolute Gasteiger partial charge is 0.394 e. The van der Waals surface area contributed by atoms with E-state index in [4.69, 9.17) is 0 Å². The first-order valence-electron chi connectivity index (χ1n) is 8.80. The molecule has 0 aliphatic rings. The molecule has 140 valence electrons. The van der Waals surface area contributed by atoms with Crippen molar-refractivity contribution < 1.29 is 5.11 Å². The van der Waals surface area contributed by atoms with Crippen molar-refractivity contribution in [3.8, 4) is 22.8 Å². The lowest BCUT2D eigenvalue weighted by Gasteiger charge is -2.14. The van der Waals surface area contributed by atoms with E-state index in [1.165, 1.54) is 10.9 Å². The van der Waals surface area contributed by atoms with Gasteiger partial charge in [0.2, 0.25) is 0 Å². The number of nitrogens with zero attached hydrogens (tertiary/aromatic N) is 6. The predicted molar refractivity (Wildman–Crippen MR) is 105 cm³/mol. The second-order valence-corrected chi connectivity index (χ2v) is 6.57. The summed E-state index contributed by atoms with van der Waals surface area (Å²) < 4.78 is 1.41. The van der Waals surface area contributed by atoms with Crippen LogP contribution in [0, 0.1) is 6.92 Å². The fourth-order valence-corrected chi connectivity index (χ4v) is 2.89. The summed E-state index contributed by atoms with van der Waals surface area (Å²) in [6, 6.07) is 4.92. The third-order valence-corrected chi connectivity index (χ3v) is 4.45. The molecule has 0 aliphatic heterocycles. The number of rotatable bonds is 4. The molecule has 0 saturated heterocycles. The Bertz CT molecular complexity index is 1190. The van der Waals surface area contributed by atoms with Gasteiger partial charge >= 0.3 is 0 Å². The first kappa shape index (κ1) is 17.9. The summed E-state index contributed by atoms with van der Waals surface area (Å²) in [5, 5.41) is 9.83. The van der Waals surface area contributed by atoms with Gasteiger partial charge in [-0.2, -0.15) is 0 Å². The number of pyridine rings is 2. The zero-order valence-corrected chi connectivity index (χ0v) is 15.4. The Morgan fingerprint density at radius 1 is 1.18 bits per heavy atom. The zero-order valence-electron chi connectivity index (χ0n) is 15.4. The van der Waals surface area contributed by atoms with Crippen molar-refractivity contribution in [1.29, 1.82) is 0 Å². The van der Waals surface area contributed by atoms with Crippen LogP contribution < -0.4 is 5.56 Å². The fourth-order valence-electron chi connectivity index (χ4n) is 2.89. The predicted octanol–water partition coefficient (Wildman–Crippen LogP) is 2.17. The molecule has 0 saturated carbocycles. The molecule has 0 fully saturated rings. The Morgan fingerprint density at radius 2 is 1.96 bits per heavy atom. The van der Waals surface area contributed by atoms with Crippen LogP contribution in [0.3, 0.4) is 0 Å². The molecule has 1 N–H and O–H groups in total. The second-order valence-electron chi connectivity index (χ2n) is 6.57. The highest BCUT2D eigenvalue weighted by molar-refractivity contribution is 5.92. The summed E-state index contributed by atoms with van der Waals surface area (Å²) in [5.41, 5.74) is 2.88. The highest BCUT2D eigenvalue weighted by Gasteiger charge is 2.17. The molecule has 0 aliphatic carbocycles. The second kappa shape index (κ2) is 7.24. The van der Waals surface area contributed by atoms with Gasteiger partial charge in [0.25, 0.3) is 5.56 Å². The Hall–Kier alpha value is -3.52. The molecule has 0 amide bonds. The van der Waals surface area contributed by atoms with Gasteiger partial charge in [0.05, 0.1) is 30.1 Å². The van der Waals surface area contributed by atoms with Gasteiger partial charge in [-0.3, -0.25) is 14.3 Å². The van der Waals surface area contributed by atoms with E-state index in [9.17, 15) is 9.90 Å². The first-order chi connectivity index (χ1) is 13.6. The van der Waals surface area contributed by atoms with Crippen LogP contribution in [0.15, 0.2) is 54.1 Å². The quantitative estimate of drug-likeness (QED) is 0.583. The van der Waals surface area contributed by atoms with E-state index >= 15 is 0 Å². The number of aromatic nitrogens is 6. The van der Waals surface area contributed by atoms with Crippen molar-refractivity contribution in [2.75, 3.05) is 6.61 Å². The van der Waals surface area contributed by atoms with E-state index in [1.807, 2.05) is 13.0 Å². The molecule has 4 heterocycles. The third kappa shape index (κ3) is 3.14. The summed E-state index contributed by atoms with van der Waals surface area (Å²) in [5.74, 6) is 0.419. The zero-order chi connectivity index (χ0) is 19.7. The van der Waals surface area contributed by atoms with E-state index in [2.05, 4.69) is 24.9 Å². The minimum absolute atomic E-state index is 0.165. The maximum absolute atomic E-state index is 13.1. The Morgan fingerprint density at radius 3 is 2.64 bits per heavy atom. The SMILES string of the molecule is Cc1cnc(-c2cc3c(=O)n([C@@H](C)CO)cnc3c(-c3cccnc3)n2)nc1. The van der Waals surface area contributed by atoms with Gasteiger partial charge < -0.3 is 5.11 Å². The van der Waals surface area contributed by atoms with Crippen molar-refractivity contribution >= 4 is 10.9 Å². The Labute approximate surface area is 160 Å². The van der Waals surface area contributed by atoms with Crippen LogP contribution in [0.1, 0.15) is 18.5 Å². The van der Waals surface area contributed by atoms with Crippen molar-refractivity contribution in [1.82, 2.24) is 29.5 Å². The molecule has 4 aromatic heterocycles. The molecular formula is C20H18N6O2. The molecule has 0 radical (unpaired) electrons. The molecule has 8 heteroatoms. The average Bonchev–Trinajstić information content (AvgIpc) is 2.74. The summed E-state index contributed by atoms with van der Waals surface area (Å²) in [4.78, 5) is 35.0. The molecule has 0 aromatic carbocycles. The number of aliphatic hydroxyl groups is 1. The molecule has 0 unspecified atom stereocenters. The van der Waals surface area contributed by atoms with Crippen molar-refractivity contribution in [3.63, 3.8) is 0 Å². The lowest BCUT2D eigenvalue weighted by Crippen LogP contribution is -2.26. The van der Waals surface area contributed by atoms with Crippen LogP contribution in [0.5, 0.6) is 0 Å². The van der Waals surface area contributed by atoms with E-state index in [0.717, 1.165) is 11.1 Å². The van der Waals surface area contributed by atoms with Crippen molar-refractivity contribution in [3.05, 3.63) is 65.2 Å². The van der Waals surface area contributed by atoms with Gasteiger partial charge in [-0.15, -0.1) is 0 Å². The van der Waals surface area contributed by atoms with Gasteiger partial charge in [0, 0.05) is 30.4 Å². The highest BCUT2D eigenvalue weighted by Crippen LogP contribution is 2.27. The topological polar surface area (TPSA) is 107 Å². The number of aliphatic hydroxyl groups excluding tert-OH is 1. The van der Waals surface area contributed by atoms with Crippen LogP contribution >= 0.6 is 0 Å². The van der Waals surface area contributed by atoms with Gasteiger partial charge in [0.15, 0.2) is 5.82 Å². The van der Waals surface area contributed by atoms with Gasteiger partial charge in [-0.05, 0) is 37.6 Å². The van der Waals surface area contributed by atoms with E-state index in [0.29, 0.717) is 28.1 Å². The Kier molecular flexibility index (Phi) is 4.62. The average molecular weight is 374 g/mol. The number of aryl methyl sites for hydroxylation is 1. The molecule has 0 spiro atoms. The summed E-state index contributed by atoms with van der Waals surface area (Å²) >= 11 is 0. The van der Waals surface area contributed by atoms with Crippen molar-refractivity contribution in [2.24, 2.45) is 0 Å². The van der Waals surface area contributed by atoms with Crippen LogP contribution in [0.4, 0.5) is 0 Å². The standard InChI is InChI=1S/C20H18N6O2/c1-12-7-22-19(23-8-12)16-6-15-18(17(25-16)14-4-3-5-21-9-14)24-11-26(20(15)28)13(2)10-27/h3-9,11,13,27H,10H2,1-2H3/t13-/m0/s1. The molecule has 4 aromatic rings. The number of fused-ring (bicyclic) bond motifs is 1. The molecule has 1 atom stereocenters. The van der Waals surface area contributed by atoms with E-state index < -0.39 is 6.04 Å². The molecule has 0 bridgehead atoms. The Balaban J connectivity index is 2.04. The summed E-state index contributed by atoms with van der Waals surface area (Å²) in [6.45, 7) is 3.49. The van der Waals surface area contributed by atoms with Crippen LogP contribution in [0.25, 0.3) is 33.7 Å². The maximum Gasteiger partial charge on any atom is 0.261 e. The lowest BCUT2D eigenvalue weighted by molar-refractivity contribution is 0.236. The van der Waals surface area contributed by atoms with E-state index in [-0.39, 0.29) is 12.2 Å². The minimum Gasteiger partial charge on any atom is -0.394 e. The minimum atomic E-state index is -0.390. The van der Waals surface area contributed by atoms with E-state index in [1.54, 1.807) is 43.8 Å². The number of hydrogen-bond donors (Lipinski definition) is 1. The van der Waals surface area contributed by atoms with Gasteiger partial charge in [-0.1, -0.05) is 0 Å². The third-order valence-electron chi connectivity index (χ3n) is 4.45. The monoisotopic (exact) mass is 374 g/mol. The molecular weight excluding hydrogens is 356 g/mol. The summed E-state index contributed by atoms with van der Waals surface area (Å²) in [6.07, 6.45) is 8.18. The van der Waals surface area contributed by atoms with Crippen LogP contribution in [-0.2, 0) is 0 Å². The van der Waals surface area contributed by atoms with Crippen LogP contribution in [0.2, 0.25) is 0 Å². The fraction of sp³-hybridized carbons (Fsp3) is 0.200.